The third-order valence-electron chi connectivity index (χ3n) is 4.63. The number of hydrogen-bond acceptors (Lipinski definition) is 6. The van der Waals surface area contributed by atoms with Gasteiger partial charge in [0.1, 0.15) is 0 Å². The van der Waals surface area contributed by atoms with Gasteiger partial charge in [0, 0.05) is 52.9 Å². The van der Waals surface area contributed by atoms with E-state index in [4.69, 9.17) is 15.2 Å². The molecule has 0 aromatic rings. The Bertz CT molecular complexity index is 542. The second kappa shape index (κ2) is 10.2. The lowest BCUT2D eigenvalue weighted by Crippen LogP contribution is -2.57. The molecule has 2 saturated heterocycles. The highest BCUT2D eigenvalue weighted by Gasteiger charge is 2.37. The lowest BCUT2D eigenvalue weighted by Gasteiger charge is -2.40. The van der Waals surface area contributed by atoms with E-state index in [-0.39, 0.29) is 49.6 Å². The number of amides is 1. The van der Waals surface area contributed by atoms with Gasteiger partial charge in [0.05, 0.1) is 24.7 Å². The van der Waals surface area contributed by atoms with Crippen LogP contribution in [0.2, 0.25) is 0 Å². The Hall–Kier alpha value is -0.490. The first kappa shape index (κ1) is 23.5. The van der Waals surface area contributed by atoms with Crippen LogP contribution in [0.3, 0.4) is 0 Å². The van der Waals surface area contributed by atoms with Gasteiger partial charge in [0.2, 0.25) is 5.91 Å². The number of morpholine rings is 1. The maximum absolute atomic E-state index is 12.8. The zero-order chi connectivity index (χ0) is 18.6. The highest BCUT2D eigenvalue weighted by Crippen LogP contribution is 2.19. The molecule has 3 unspecified atom stereocenters. The van der Waals surface area contributed by atoms with Gasteiger partial charge in [-0.15, -0.1) is 12.4 Å². The van der Waals surface area contributed by atoms with E-state index in [1.807, 2.05) is 13.8 Å². The van der Waals surface area contributed by atoms with Gasteiger partial charge in [0.15, 0.2) is 0 Å². The molecule has 2 heterocycles. The number of nitrogens with two attached hydrogens (primary N) is 1. The summed E-state index contributed by atoms with van der Waals surface area (Å²) in [5, 5.41) is 0. The summed E-state index contributed by atoms with van der Waals surface area (Å²) in [5.74, 6) is -0.0528. The summed E-state index contributed by atoms with van der Waals surface area (Å²) in [5.41, 5.74) is 5.55. The third-order valence-corrected chi connectivity index (χ3v) is 6.60. The molecular weight excluding hydrogens is 384 g/mol. The van der Waals surface area contributed by atoms with Crippen LogP contribution < -0.4 is 5.73 Å². The summed E-state index contributed by atoms with van der Waals surface area (Å²) in [6, 6.07) is 0. The lowest BCUT2D eigenvalue weighted by molar-refractivity contribution is -0.134. The number of rotatable bonds is 6. The van der Waals surface area contributed by atoms with Crippen molar-refractivity contribution in [1.82, 2.24) is 13.5 Å². The largest absolute Gasteiger partial charge is 0.380 e. The quantitative estimate of drug-likeness (QED) is 0.614. The van der Waals surface area contributed by atoms with Crippen molar-refractivity contribution in [3.05, 3.63) is 0 Å². The molecule has 0 aromatic carbocycles. The fraction of sp³-hybridized carbons (Fsp3) is 0.933. The van der Waals surface area contributed by atoms with E-state index in [1.165, 1.54) is 15.7 Å². The van der Waals surface area contributed by atoms with E-state index in [9.17, 15) is 13.2 Å². The summed E-state index contributed by atoms with van der Waals surface area (Å²) >= 11 is 0. The van der Waals surface area contributed by atoms with Crippen LogP contribution in [0.5, 0.6) is 0 Å². The molecular formula is C15H31ClN4O5S. The number of nitrogens with zero attached hydrogens (tertiary/aromatic N) is 3. The summed E-state index contributed by atoms with van der Waals surface area (Å²) in [4.78, 5) is 13.9. The van der Waals surface area contributed by atoms with Crippen molar-refractivity contribution in [1.29, 1.82) is 0 Å². The molecule has 0 spiro atoms. The molecule has 0 aromatic heterocycles. The third kappa shape index (κ3) is 5.75. The number of methoxy groups -OCH3 is 1. The molecule has 26 heavy (non-hydrogen) atoms. The van der Waals surface area contributed by atoms with Crippen LogP contribution in [0, 0.1) is 0 Å². The van der Waals surface area contributed by atoms with Crippen molar-refractivity contribution in [2.24, 2.45) is 5.73 Å². The minimum Gasteiger partial charge on any atom is -0.380 e. The molecule has 2 fully saturated rings. The highest BCUT2D eigenvalue weighted by atomic mass is 35.5. The Morgan fingerprint density at radius 1 is 1.15 bits per heavy atom. The molecule has 2 rings (SSSR count). The van der Waals surface area contributed by atoms with Crippen molar-refractivity contribution in [2.75, 3.05) is 52.9 Å². The fourth-order valence-electron chi connectivity index (χ4n) is 3.24. The molecule has 11 heteroatoms. The summed E-state index contributed by atoms with van der Waals surface area (Å²) in [7, 11) is -2.00. The molecule has 0 bridgehead atoms. The van der Waals surface area contributed by atoms with Gasteiger partial charge in [-0.1, -0.05) is 0 Å². The van der Waals surface area contributed by atoms with Crippen molar-refractivity contribution >= 4 is 28.5 Å². The van der Waals surface area contributed by atoms with E-state index in [0.29, 0.717) is 39.3 Å². The molecule has 154 valence electrons. The SMILES string of the molecule is COC(CN)CC(=O)N1CCN(S(=O)(=O)N2CC(C)OC(C)C2)CC1.Cl. The molecule has 9 nitrogen and oxygen atoms in total. The Morgan fingerprint density at radius 2 is 1.69 bits per heavy atom. The van der Waals surface area contributed by atoms with Crippen molar-refractivity contribution in [3.8, 4) is 0 Å². The molecule has 2 N–H and O–H groups in total. The van der Waals surface area contributed by atoms with Crippen molar-refractivity contribution in [2.45, 2.75) is 38.6 Å². The number of carbonyl (C=O) groups excluding carboxylic acids is 1. The monoisotopic (exact) mass is 414 g/mol. The van der Waals surface area contributed by atoms with Gasteiger partial charge < -0.3 is 20.1 Å². The standard InChI is InChI=1S/C15H30N4O5S.ClH/c1-12-10-19(11-13(2)24-12)25(21,22)18-6-4-17(5-7-18)15(20)8-14(9-16)23-3;/h12-14H,4-11,16H2,1-3H3;1H. The van der Waals surface area contributed by atoms with Gasteiger partial charge in [-0.2, -0.15) is 17.0 Å². The topological polar surface area (TPSA) is 105 Å². The van der Waals surface area contributed by atoms with Crippen LogP contribution in [0.1, 0.15) is 20.3 Å². The number of carbonyl (C=O) groups is 1. The minimum atomic E-state index is -3.53. The Morgan fingerprint density at radius 3 is 2.15 bits per heavy atom. The molecule has 0 aliphatic carbocycles. The number of halogens is 1. The number of hydrogen-bond donors (Lipinski definition) is 1. The van der Waals surface area contributed by atoms with Crippen LogP contribution in [-0.4, -0.2) is 99.1 Å². The van der Waals surface area contributed by atoms with Crippen LogP contribution in [0.15, 0.2) is 0 Å². The van der Waals surface area contributed by atoms with Crippen LogP contribution >= 0.6 is 12.4 Å². The Labute approximate surface area is 162 Å². The van der Waals surface area contributed by atoms with E-state index in [1.54, 1.807) is 4.90 Å². The average Bonchev–Trinajstić information content (AvgIpc) is 2.58. The average molecular weight is 415 g/mol. The first-order valence-corrected chi connectivity index (χ1v) is 10.1. The molecule has 2 aliphatic rings. The molecule has 1 amide bonds. The molecule has 2 aliphatic heterocycles. The maximum atomic E-state index is 12.8. The second-order valence-electron chi connectivity index (χ2n) is 6.66. The zero-order valence-corrected chi connectivity index (χ0v) is 17.3. The Kier molecular flexibility index (Phi) is 9.21. The van der Waals surface area contributed by atoms with E-state index < -0.39 is 10.2 Å². The molecule has 0 radical (unpaired) electrons. The van der Waals surface area contributed by atoms with Crippen molar-refractivity contribution < 1.29 is 22.7 Å². The van der Waals surface area contributed by atoms with E-state index in [0.717, 1.165) is 0 Å². The molecule has 3 atom stereocenters. The van der Waals surface area contributed by atoms with Gasteiger partial charge in [0.25, 0.3) is 10.2 Å². The van der Waals surface area contributed by atoms with Gasteiger partial charge in [-0.3, -0.25) is 4.79 Å². The number of ether oxygens (including phenoxy) is 2. The highest BCUT2D eigenvalue weighted by molar-refractivity contribution is 7.86. The van der Waals surface area contributed by atoms with Gasteiger partial charge in [-0.05, 0) is 13.8 Å². The van der Waals surface area contributed by atoms with E-state index in [2.05, 4.69) is 0 Å². The van der Waals surface area contributed by atoms with Gasteiger partial charge in [-0.25, -0.2) is 0 Å². The van der Waals surface area contributed by atoms with E-state index >= 15 is 0 Å². The lowest BCUT2D eigenvalue weighted by atomic mass is 10.2. The predicted octanol–water partition coefficient (Wildman–Crippen LogP) is -0.730. The zero-order valence-electron chi connectivity index (χ0n) is 15.7. The Balaban J connectivity index is 0.00000338. The summed E-state index contributed by atoms with van der Waals surface area (Å²) in [6.45, 7) is 6.11. The van der Waals surface area contributed by atoms with Crippen molar-refractivity contribution in [3.63, 3.8) is 0 Å². The summed E-state index contributed by atoms with van der Waals surface area (Å²) < 4.78 is 39.4. The number of piperazine rings is 1. The first-order chi connectivity index (χ1) is 11.8. The predicted molar refractivity (Wildman–Crippen MR) is 100 cm³/mol. The summed E-state index contributed by atoms with van der Waals surface area (Å²) in [6.07, 6.45) is -0.323. The molecule has 0 saturated carbocycles. The second-order valence-corrected chi connectivity index (χ2v) is 8.59. The fourth-order valence-corrected chi connectivity index (χ4v) is 4.99. The smallest absolute Gasteiger partial charge is 0.282 e. The first-order valence-electron chi connectivity index (χ1n) is 8.69. The van der Waals surface area contributed by atoms with Gasteiger partial charge >= 0.3 is 0 Å². The maximum Gasteiger partial charge on any atom is 0.282 e. The minimum absolute atomic E-state index is 0. The normalized spacial score (nSPS) is 27.0. The van der Waals surface area contributed by atoms with Crippen LogP contribution in [0.25, 0.3) is 0 Å². The van der Waals surface area contributed by atoms with Crippen LogP contribution in [0.4, 0.5) is 0 Å². The van der Waals surface area contributed by atoms with Crippen LogP contribution in [-0.2, 0) is 24.5 Å².